The summed E-state index contributed by atoms with van der Waals surface area (Å²) in [5.74, 6) is -1.45. The minimum Gasteiger partial charge on any atom is -0.370 e. The van der Waals surface area contributed by atoms with E-state index in [1.54, 1.807) is 0 Å². The SMILES string of the molecule is NC(=O)C[C@@H]1CCCCN1Cc1c(F)cccc1F. The maximum absolute atomic E-state index is 13.6. The highest BCUT2D eigenvalue weighted by Crippen LogP contribution is 2.23. The van der Waals surface area contributed by atoms with Gasteiger partial charge in [-0.25, -0.2) is 8.78 Å². The lowest BCUT2D eigenvalue weighted by molar-refractivity contribution is -0.119. The van der Waals surface area contributed by atoms with Gasteiger partial charge in [-0.1, -0.05) is 12.5 Å². The Morgan fingerprint density at radius 2 is 2.00 bits per heavy atom. The maximum Gasteiger partial charge on any atom is 0.218 e. The van der Waals surface area contributed by atoms with Crippen LogP contribution in [0.5, 0.6) is 0 Å². The summed E-state index contributed by atoms with van der Waals surface area (Å²) in [5.41, 5.74) is 5.29. The lowest BCUT2D eigenvalue weighted by atomic mass is 9.98. The van der Waals surface area contributed by atoms with Gasteiger partial charge in [0.25, 0.3) is 0 Å². The Balaban J connectivity index is 2.13. The lowest BCUT2D eigenvalue weighted by Gasteiger charge is -2.35. The highest BCUT2D eigenvalue weighted by atomic mass is 19.1. The minimum atomic E-state index is -0.539. The summed E-state index contributed by atoms with van der Waals surface area (Å²) in [4.78, 5) is 13.0. The van der Waals surface area contributed by atoms with E-state index in [0.717, 1.165) is 25.8 Å². The highest BCUT2D eigenvalue weighted by molar-refractivity contribution is 5.74. The van der Waals surface area contributed by atoms with E-state index in [0.29, 0.717) is 0 Å². The molecule has 1 aromatic carbocycles. The number of primary amides is 1. The van der Waals surface area contributed by atoms with Crippen molar-refractivity contribution >= 4 is 5.91 Å². The van der Waals surface area contributed by atoms with Crippen LogP contribution in [0.3, 0.4) is 0 Å². The van der Waals surface area contributed by atoms with Gasteiger partial charge in [-0.05, 0) is 31.5 Å². The van der Waals surface area contributed by atoms with Crippen LogP contribution in [0.1, 0.15) is 31.2 Å². The van der Waals surface area contributed by atoms with Crippen LogP contribution < -0.4 is 5.73 Å². The fourth-order valence-electron chi connectivity index (χ4n) is 2.62. The number of amides is 1. The van der Waals surface area contributed by atoms with E-state index in [4.69, 9.17) is 5.73 Å². The van der Waals surface area contributed by atoms with Gasteiger partial charge in [0.15, 0.2) is 0 Å². The molecule has 0 unspecified atom stereocenters. The molecule has 1 aromatic rings. The number of benzene rings is 1. The monoisotopic (exact) mass is 268 g/mol. The Kier molecular flexibility index (Phi) is 4.47. The quantitative estimate of drug-likeness (QED) is 0.910. The molecule has 5 heteroatoms. The maximum atomic E-state index is 13.6. The first-order chi connectivity index (χ1) is 9.08. The van der Waals surface area contributed by atoms with Crippen molar-refractivity contribution in [3.63, 3.8) is 0 Å². The molecule has 1 amide bonds. The van der Waals surface area contributed by atoms with E-state index >= 15 is 0 Å². The first kappa shape index (κ1) is 13.9. The van der Waals surface area contributed by atoms with Crippen LogP contribution >= 0.6 is 0 Å². The number of carbonyl (C=O) groups excluding carboxylic acids is 1. The summed E-state index contributed by atoms with van der Waals surface area (Å²) in [6, 6.07) is 3.85. The zero-order chi connectivity index (χ0) is 13.8. The summed E-state index contributed by atoms with van der Waals surface area (Å²) in [6.45, 7) is 0.933. The predicted octanol–water partition coefficient (Wildman–Crippen LogP) is 2.19. The van der Waals surface area contributed by atoms with Gasteiger partial charge in [0.1, 0.15) is 11.6 Å². The van der Waals surface area contributed by atoms with Crippen molar-refractivity contribution in [1.29, 1.82) is 0 Å². The van der Waals surface area contributed by atoms with Gasteiger partial charge in [-0.2, -0.15) is 0 Å². The molecule has 1 fully saturated rings. The number of nitrogens with two attached hydrogens (primary N) is 1. The van der Waals surface area contributed by atoms with Crippen LogP contribution in [0.25, 0.3) is 0 Å². The van der Waals surface area contributed by atoms with E-state index in [9.17, 15) is 13.6 Å². The number of carbonyl (C=O) groups is 1. The van der Waals surface area contributed by atoms with Crippen molar-refractivity contribution in [3.05, 3.63) is 35.4 Å². The molecule has 1 atom stereocenters. The summed E-state index contributed by atoms with van der Waals surface area (Å²) >= 11 is 0. The molecule has 0 saturated carbocycles. The number of hydrogen-bond acceptors (Lipinski definition) is 2. The number of hydrogen-bond donors (Lipinski definition) is 1. The largest absolute Gasteiger partial charge is 0.370 e. The zero-order valence-corrected chi connectivity index (χ0v) is 10.7. The first-order valence-corrected chi connectivity index (χ1v) is 6.53. The van der Waals surface area contributed by atoms with Crippen molar-refractivity contribution in [3.8, 4) is 0 Å². The molecular weight excluding hydrogens is 250 g/mol. The minimum absolute atomic E-state index is 0.00902. The Morgan fingerprint density at radius 1 is 1.32 bits per heavy atom. The van der Waals surface area contributed by atoms with Gasteiger partial charge in [0, 0.05) is 24.6 Å². The normalized spacial score (nSPS) is 20.4. The van der Waals surface area contributed by atoms with Crippen molar-refractivity contribution in [2.24, 2.45) is 5.73 Å². The van der Waals surface area contributed by atoms with Gasteiger partial charge >= 0.3 is 0 Å². The van der Waals surface area contributed by atoms with E-state index in [2.05, 4.69) is 0 Å². The smallest absolute Gasteiger partial charge is 0.218 e. The second-order valence-electron chi connectivity index (χ2n) is 4.99. The molecule has 104 valence electrons. The second kappa shape index (κ2) is 6.10. The lowest BCUT2D eigenvalue weighted by Crippen LogP contribution is -2.41. The number of nitrogens with zero attached hydrogens (tertiary/aromatic N) is 1. The Hall–Kier alpha value is -1.49. The molecule has 0 aliphatic carbocycles. The van der Waals surface area contributed by atoms with Gasteiger partial charge in [-0.3, -0.25) is 9.69 Å². The van der Waals surface area contributed by atoms with Gasteiger partial charge in [0.2, 0.25) is 5.91 Å². The molecule has 3 nitrogen and oxygen atoms in total. The number of piperidine rings is 1. The third-order valence-corrected chi connectivity index (χ3v) is 3.61. The van der Waals surface area contributed by atoms with Crippen LogP contribution in [-0.2, 0) is 11.3 Å². The molecule has 0 aromatic heterocycles. The molecule has 1 saturated heterocycles. The van der Waals surface area contributed by atoms with E-state index < -0.39 is 11.6 Å². The highest BCUT2D eigenvalue weighted by Gasteiger charge is 2.25. The summed E-state index contributed by atoms with van der Waals surface area (Å²) in [7, 11) is 0. The summed E-state index contributed by atoms with van der Waals surface area (Å²) in [6.07, 6.45) is 3.09. The van der Waals surface area contributed by atoms with Crippen LogP contribution in [0, 0.1) is 11.6 Å². The van der Waals surface area contributed by atoms with Crippen LogP contribution in [0.2, 0.25) is 0 Å². The Bertz CT molecular complexity index is 445. The average Bonchev–Trinajstić information content (AvgIpc) is 2.35. The predicted molar refractivity (Wildman–Crippen MR) is 68.2 cm³/mol. The molecule has 19 heavy (non-hydrogen) atoms. The summed E-state index contributed by atoms with van der Waals surface area (Å²) in [5, 5.41) is 0. The van der Waals surface area contributed by atoms with Crippen molar-refractivity contribution in [1.82, 2.24) is 4.90 Å². The number of likely N-dealkylation sites (tertiary alicyclic amines) is 1. The molecular formula is C14H18F2N2O. The van der Waals surface area contributed by atoms with E-state index in [1.807, 2.05) is 4.90 Å². The standard InChI is InChI=1S/C14H18F2N2O/c15-12-5-3-6-13(16)11(12)9-18-7-2-1-4-10(18)8-14(17)19/h3,5-6,10H,1-2,4,7-9H2,(H2,17,19)/t10-/m0/s1. The molecule has 0 bridgehead atoms. The number of halogens is 2. The van der Waals surface area contributed by atoms with E-state index in [-0.39, 0.29) is 30.5 Å². The molecule has 0 radical (unpaired) electrons. The fourth-order valence-corrected chi connectivity index (χ4v) is 2.62. The number of rotatable bonds is 4. The second-order valence-corrected chi connectivity index (χ2v) is 4.99. The molecule has 0 spiro atoms. The van der Waals surface area contributed by atoms with Gasteiger partial charge < -0.3 is 5.73 Å². The third-order valence-electron chi connectivity index (χ3n) is 3.61. The third kappa shape index (κ3) is 3.50. The van der Waals surface area contributed by atoms with Crippen molar-refractivity contribution in [2.45, 2.75) is 38.3 Å². The average molecular weight is 268 g/mol. The first-order valence-electron chi connectivity index (χ1n) is 6.53. The fraction of sp³-hybridized carbons (Fsp3) is 0.500. The zero-order valence-electron chi connectivity index (χ0n) is 10.7. The van der Waals surface area contributed by atoms with Crippen LogP contribution in [0.15, 0.2) is 18.2 Å². The summed E-state index contributed by atoms with van der Waals surface area (Å²) < 4.78 is 27.3. The Labute approximate surface area is 111 Å². The van der Waals surface area contributed by atoms with Gasteiger partial charge in [-0.15, -0.1) is 0 Å². The van der Waals surface area contributed by atoms with Crippen LogP contribution in [-0.4, -0.2) is 23.4 Å². The van der Waals surface area contributed by atoms with Crippen LogP contribution in [0.4, 0.5) is 8.78 Å². The molecule has 2 rings (SSSR count). The molecule has 1 heterocycles. The van der Waals surface area contributed by atoms with Crippen molar-refractivity contribution in [2.75, 3.05) is 6.54 Å². The van der Waals surface area contributed by atoms with Crippen molar-refractivity contribution < 1.29 is 13.6 Å². The molecule has 2 N–H and O–H groups in total. The molecule has 1 aliphatic heterocycles. The Morgan fingerprint density at radius 3 is 2.63 bits per heavy atom. The van der Waals surface area contributed by atoms with E-state index in [1.165, 1.54) is 18.2 Å². The topological polar surface area (TPSA) is 46.3 Å². The molecule has 1 aliphatic rings. The van der Waals surface area contributed by atoms with Gasteiger partial charge in [0.05, 0.1) is 0 Å².